The predicted molar refractivity (Wildman–Crippen MR) is 85.6 cm³/mol. The Labute approximate surface area is 126 Å². The molecule has 0 aliphatic rings. The Hall–Kier alpha value is -1.71. The van der Waals surface area contributed by atoms with Gasteiger partial charge in [0.25, 0.3) is 0 Å². The van der Waals surface area contributed by atoms with Gasteiger partial charge in [-0.05, 0) is 43.7 Å². The van der Waals surface area contributed by atoms with Crippen molar-refractivity contribution in [3.05, 3.63) is 70.5 Å². The fourth-order valence-corrected chi connectivity index (χ4v) is 2.48. The molecule has 0 aliphatic heterocycles. The molecular weight excluding hydrogens is 263 g/mol. The van der Waals surface area contributed by atoms with Gasteiger partial charge < -0.3 is 5.73 Å². The summed E-state index contributed by atoms with van der Waals surface area (Å²) < 4.78 is 13.8. The Morgan fingerprint density at radius 1 is 1.10 bits per heavy atom. The van der Waals surface area contributed by atoms with Gasteiger partial charge in [0.05, 0.1) is 0 Å². The third kappa shape index (κ3) is 3.90. The van der Waals surface area contributed by atoms with E-state index in [1.807, 2.05) is 19.2 Å². The molecule has 0 fully saturated rings. The molecule has 1 atom stereocenters. The normalized spacial score (nSPS) is 12.7. The second-order valence-electron chi connectivity index (χ2n) is 5.66. The van der Waals surface area contributed by atoms with Crippen molar-refractivity contribution in [2.24, 2.45) is 5.73 Å². The molecular formula is C18H23FN2. The largest absolute Gasteiger partial charge is 0.329 e. The van der Waals surface area contributed by atoms with E-state index in [2.05, 4.69) is 36.1 Å². The number of aryl methyl sites for hydroxylation is 2. The van der Waals surface area contributed by atoms with Gasteiger partial charge in [-0.25, -0.2) is 4.39 Å². The lowest BCUT2D eigenvalue weighted by Crippen LogP contribution is -2.30. The summed E-state index contributed by atoms with van der Waals surface area (Å²) in [7, 11) is 2.02. The molecule has 0 spiro atoms. The summed E-state index contributed by atoms with van der Waals surface area (Å²) >= 11 is 0. The first-order valence-electron chi connectivity index (χ1n) is 7.23. The zero-order valence-corrected chi connectivity index (χ0v) is 12.9. The van der Waals surface area contributed by atoms with Crippen LogP contribution >= 0.6 is 0 Å². The molecule has 0 amide bonds. The molecule has 21 heavy (non-hydrogen) atoms. The average molecular weight is 286 g/mol. The monoisotopic (exact) mass is 286 g/mol. The van der Waals surface area contributed by atoms with Crippen molar-refractivity contribution < 1.29 is 4.39 Å². The van der Waals surface area contributed by atoms with Crippen LogP contribution in [0.25, 0.3) is 0 Å². The Balaban J connectivity index is 2.15. The third-order valence-corrected chi connectivity index (χ3v) is 3.89. The van der Waals surface area contributed by atoms with E-state index in [-0.39, 0.29) is 11.9 Å². The highest BCUT2D eigenvalue weighted by Gasteiger charge is 2.16. The van der Waals surface area contributed by atoms with Crippen LogP contribution in [0.15, 0.2) is 42.5 Å². The molecule has 112 valence electrons. The van der Waals surface area contributed by atoms with Crippen LogP contribution in [0.3, 0.4) is 0 Å². The Morgan fingerprint density at radius 2 is 1.76 bits per heavy atom. The van der Waals surface area contributed by atoms with Crippen molar-refractivity contribution in [1.82, 2.24) is 4.90 Å². The fourth-order valence-electron chi connectivity index (χ4n) is 2.48. The number of halogens is 1. The highest BCUT2D eigenvalue weighted by atomic mass is 19.1. The van der Waals surface area contributed by atoms with Gasteiger partial charge in [-0.15, -0.1) is 0 Å². The average Bonchev–Trinajstić information content (AvgIpc) is 2.46. The van der Waals surface area contributed by atoms with Crippen LogP contribution in [0, 0.1) is 19.7 Å². The number of benzene rings is 2. The molecule has 2 N–H and O–H groups in total. The fraction of sp³-hybridized carbons (Fsp3) is 0.333. The number of rotatable bonds is 5. The van der Waals surface area contributed by atoms with Gasteiger partial charge in [0, 0.05) is 19.1 Å². The van der Waals surface area contributed by atoms with Gasteiger partial charge in [-0.3, -0.25) is 4.90 Å². The van der Waals surface area contributed by atoms with Gasteiger partial charge >= 0.3 is 0 Å². The van der Waals surface area contributed by atoms with Crippen molar-refractivity contribution in [3.8, 4) is 0 Å². The molecule has 1 unspecified atom stereocenters. The van der Waals surface area contributed by atoms with Crippen LogP contribution in [0.2, 0.25) is 0 Å². The number of likely N-dealkylation sites (N-methyl/N-ethyl adjacent to an activating group) is 1. The maximum Gasteiger partial charge on any atom is 0.126 e. The van der Waals surface area contributed by atoms with Crippen LogP contribution in [0.5, 0.6) is 0 Å². The molecule has 0 radical (unpaired) electrons. The molecule has 0 heterocycles. The first-order valence-corrected chi connectivity index (χ1v) is 7.23. The maximum absolute atomic E-state index is 13.8. The van der Waals surface area contributed by atoms with Crippen LogP contribution in [0.4, 0.5) is 4.39 Å². The molecule has 0 saturated heterocycles. The number of hydrogen-bond acceptors (Lipinski definition) is 2. The Morgan fingerprint density at radius 3 is 2.33 bits per heavy atom. The van der Waals surface area contributed by atoms with Crippen LogP contribution in [-0.2, 0) is 6.54 Å². The van der Waals surface area contributed by atoms with Gasteiger partial charge in [-0.1, -0.05) is 42.0 Å². The van der Waals surface area contributed by atoms with E-state index in [0.717, 1.165) is 12.1 Å². The SMILES string of the molecule is Cc1ccc(CN(C)C(CN)c2ccc(C)c(F)c2)cc1. The minimum Gasteiger partial charge on any atom is -0.329 e. The lowest BCUT2D eigenvalue weighted by molar-refractivity contribution is 0.241. The molecule has 0 saturated carbocycles. The summed E-state index contributed by atoms with van der Waals surface area (Å²) in [5.41, 5.74) is 9.97. The maximum atomic E-state index is 13.8. The topological polar surface area (TPSA) is 29.3 Å². The van der Waals surface area contributed by atoms with Crippen molar-refractivity contribution in [3.63, 3.8) is 0 Å². The van der Waals surface area contributed by atoms with Gasteiger partial charge in [0.15, 0.2) is 0 Å². The summed E-state index contributed by atoms with van der Waals surface area (Å²) in [6.07, 6.45) is 0. The smallest absolute Gasteiger partial charge is 0.126 e. The molecule has 2 aromatic rings. The molecule has 2 rings (SSSR count). The van der Waals surface area contributed by atoms with Crippen molar-refractivity contribution >= 4 is 0 Å². The standard InChI is InChI=1S/C18H23FN2/c1-13-4-7-15(8-5-13)12-21(3)18(11-20)16-9-6-14(2)17(19)10-16/h4-10,18H,11-12,20H2,1-3H3. The highest BCUT2D eigenvalue weighted by molar-refractivity contribution is 5.27. The second-order valence-corrected chi connectivity index (χ2v) is 5.66. The minimum atomic E-state index is -0.172. The number of nitrogens with zero attached hydrogens (tertiary/aromatic N) is 1. The summed E-state index contributed by atoms with van der Waals surface area (Å²) in [4.78, 5) is 2.16. The number of nitrogens with two attached hydrogens (primary N) is 1. The Kier molecular flexibility index (Phi) is 5.10. The zero-order chi connectivity index (χ0) is 15.4. The molecule has 2 nitrogen and oxygen atoms in total. The minimum absolute atomic E-state index is 0.0152. The van der Waals surface area contributed by atoms with E-state index in [1.165, 1.54) is 11.1 Å². The van der Waals surface area contributed by atoms with E-state index < -0.39 is 0 Å². The van der Waals surface area contributed by atoms with Gasteiger partial charge in [0.2, 0.25) is 0 Å². The van der Waals surface area contributed by atoms with Crippen LogP contribution < -0.4 is 5.73 Å². The van der Waals surface area contributed by atoms with Crippen LogP contribution in [-0.4, -0.2) is 18.5 Å². The quantitative estimate of drug-likeness (QED) is 0.910. The first kappa shape index (κ1) is 15.7. The van der Waals surface area contributed by atoms with E-state index >= 15 is 0 Å². The van der Waals surface area contributed by atoms with Crippen LogP contribution in [0.1, 0.15) is 28.3 Å². The van der Waals surface area contributed by atoms with E-state index in [1.54, 1.807) is 13.0 Å². The molecule has 3 heteroatoms. The lowest BCUT2D eigenvalue weighted by Gasteiger charge is -2.27. The number of hydrogen-bond donors (Lipinski definition) is 1. The lowest BCUT2D eigenvalue weighted by atomic mass is 10.0. The molecule has 2 aromatic carbocycles. The van der Waals surface area contributed by atoms with E-state index in [4.69, 9.17) is 5.73 Å². The van der Waals surface area contributed by atoms with Crippen molar-refractivity contribution in [2.45, 2.75) is 26.4 Å². The Bertz CT molecular complexity index is 593. The highest BCUT2D eigenvalue weighted by Crippen LogP contribution is 2.22. The van der Waals surface area contributed by atoms with Crippen molar-refractivity contribution in [1.29, 1.82) is 0 Å². The summed E-state index contributed by atoms with van der Waals surface area (Å²) in [6.45, 7) is 5.10. The molecule has 0 bridgehead atoms. The van der Waals surface area contributed by atoms with E-state index in [0.29, 0.717) is 12.1 Å². The van der Waals surface area contributed by atoms with Crippen molar-refractivity contribution in [2.75, 3.05) is 13.6 Å². The van der Waals surface area contributed by atoms with Gasteiger partial charge in [-0.2, -0.15) is 0 Å². The van der Waals surface area contributed by atoms with E-state index in [9.17, 15) is 4.39 Å². The summed E-state index contributed by atoms with van der Waals surface area (Å²) in [5.74, 6) is -0.172. The van der Waals surface area contributed by atoms with Gasteiger partial charge in [0.1, 0.15) is 5.82 Å². The first-order chi connectivity index (χ1) is 10.0. The predicted octanol–water partition coefficient (Wildman–Crippen LogP) is 3.57. The summed E-state index contributed by atoms with van der Waals surface area (Å²) in [5, 5.41) is 0. The summed E-state index contributed by atoms with van der Waals surface area (Å²) in [6, 6.07) is 13.8. The zero-order valence-electron chi connectivity index (χ0n) is 12.9. The molecule has 0 aromatic heterocycles. The molecule has 0 aliphatic carbocycles. The second kappa shape index (κ2) is 6.83. The third-order valence-electron chi connectivity index (χ3n) is 3.89.